The first-order valence-electron chi connectivity index (χ1n) is 10.5. The highest BCUT2D eigenvalue weighted by Gasteiger charge is 2.20. The van der Waals surface area contributed by atoms with E-state index in [1.807, 2.05) is 55.5 Å². The van der Waals surface area contributed by atoms with Gasteiger partial charge in [0.25, 0.3) is 5.91 Å². The normalized spacial score (nSPS) is 12.8. The molecule has 5 heteroatoms. The molecule has 3 aromatic carbocycles. The Morgan fingerprint density at radius 3 is 2.35 bits per heavy atom. The SMILES string of the molecule is CCOc1ccc(/C=N\NC(=O)c2cccc(N3Cc4cc(C)c(C)cc4C3)c2)cc1. The Kier molecular flexibility index (Phi) is 6.03. The van der Waals surface area contributed by atoms with Crippen LogP contribution >= 0.6 is 0 Å². The van der Waals surface area contributed by atoms with Crippen molar-refractivity contribution in [2.24, 2.45) is 5.10 Å². The van der Waals surface area contributed by atoms with E-state index in [2.05, 4.69) is 41.4 Å². The third kappa shape index (κ3) is 4.77. The van der Waals surface area contributed by atoms with E-state index in [0.29, 0.717) is 12.2 Å². The number of rotatable bonds is 6. The van der Waals surface area contributed by atoms with E-state index in [9.17, 15) is 4.79 Å². The van der Waals surface area contributed by atoms with Crippen molar-refractivity contribution in [1.82, 2.24) is 5.43 Å². The zero-order chi connectivity index (χ0) is 21.8. The molecule has 0 saturated carbocycles. The lowest BCUT2D eigenvalue weighted by molar-refractivity contribution is 0.0955. The van der Waals surface area contributed by atoms with Crippen LogP contribution in [0.15, 0.2) is 65.8 Å². The number of carbonyl (C=O) groups is 1. The number of hydrogen-bond donors (Lipinski definition) is 1. The molecule has 0 bridgehead atoms. The van der Waals surface area contributed by atoms with Gasteiger partial charge in [-0.15, -0.1) is 0 Å². The number of hydrazone groups is 1. The van der Waals surface area contributed by atoms with Crippen molar-refractivity contribution in [2.75, 3.05) is 11.5 Å². The maximum Gasteiger partial charge on any atom is 0.271 e. The van der Waals surface area contributed by atoms with Gasteiger partial charge in [-0.25, -0.2) is 5.43 Å². The van der Waals surface area contributed by atoms with Crippen LogP contribution in [-0.2, 0) is 13.1 Å². The number of aryl methyl sites for hydroxylation is 2. The summed E-state index contributed by atoms with van der Waals surface area (Å²) in [5.41, 5.74) is 10.5. The van der Waals surface area contributed by atoms with E-state index in [1.165, 1.54) is 22.3 Å². The number of amides is 1. The fourth-order valence-corrected chi connectivity index (χ4v) is 3.77. The number of carbonyl (C=O) groups excluding carboxylic acids is 1. The molecule has 0 atom stereocenters. The molecular weight excluding hydrogens is 386 g/mol. The smallest absolute Gasteiger partial charge is 0.271 e. The lowest BCUT2D eigenvalue weighted by Gasteiger charge is -2.18. The zero-order valence-electron chi connectivity index (χ0n) is 18.2. The summed E-state index contributed by atoms with van der Waals surface area (Å²) in [5.74, 6) is 0.585. The van der Waals surface area contributed by atoms with Crippen LogP contribution in [0.2, 0.25) is 0 Å². The summed E-state index contributed by atoms with van der Waals surface area (Å²) in [6.07, 6.45) is 1.62. The van der Waals surface area contributed by atoms with Crippen LogP contribution in [0.5, 0.6) is 5.75 Å². The molecule has 0 aliphatic carbocycles. The van der Waals surface area contributed by atoms with Gasteiger partial charge in [-0.3, -0.25) is 4.79 Å². The summed E-state index contributed by atoms with van der Waals surface area (Å²) in [6, 6.07) is 19.8. The molecule has 158 valence electrons. The number of nitrogens with zero attached hydrogens (tertiary/aromatic N) is 2. The Morgan fingerprint density at radius 1 is 1.03 bits per heavy atom. The van der Waals surface area contributed by atoms with Crippen LogP contribution in [0.4, 0.5) is 5.69 Å². The van der Waals surface area contributed by atoms with Gasteiger partial charge in [0.1, 0.15) is 5.75 Å². The van der Waals surface area contributed by atoms with Gasteiger partial charge in [-0.05, 0) is 91.1 Å². The molecular formula is C26H27N3O2. The summed E-state index contributed by atoms with van der Waals surface area (Å²) < 4.78 is 5.43. The van der Waals surface area contributed by atoms with Crippen LogP contribution in [0.1, 0.15) is 45.1 Å². The maximum absolute atomic E-state index is 12.6. The first-order chi connectivity index (χ1) is 15.0. The molecule has 3 aromatic rings. The molecule has 1 aliphatic heterocycles. The van der Waals surface area contributed by atoms with Crippen molar-refractivity contribution >= 4 is 17.8 Å². The van der Waals surface area contributed by atoms with Gasteiger partial charge in [0.05, 0.1) is 12.8 Å². The van der Waals surface area contributed by atoms with Crippen LogP contribution in [0, 0.1) is 13.8 Å². The van der Waals surface area contributed by atoms with Crippen molar-refractivity contribution in [3.8, 4) is 5.75 Å². The largest absolute Gasteiger partial charge is 0.494 e. The Bertz CT molecular complexity index is 1090. The minimum atomic E-state index is -0.229. The third-order valence-electron chi connectivity index (χ3n) is 5.58. The average molecular weight is 414 g/mol. The predicted octanol–water partition coefficient (Wildman–Crippen LogP) is 4.99. The Hall–Kier alpha value is -3.60. The summed E-state index contributed by atoms with van der Waals surface area (Å²) in [7, 11) is 0. The topological polar surface area (TPSA) is 53.9 Å². The summed E-state index contributed by atoms with van der Waals surface area (Å²) >= 11 is 0. The van der Waals surface area contributed by atoms with E-state index in [0.717, 1.165) is 30.1 Å². The molecule has 1 N–H and O–H groups in total. The van der Waals surface area contributed by atoms with Gasteiger partial charge in [0.2, 0.25) is 0 Å². The molecule has 5 nitrogen and oxygen atoms in total. The van der Waals surface area contributed by atoms with Gasteiger partial charge >= 0.3 is 0 Å². The number of nitrogens with one attached hydrogen (secondary N) is 1. The first-order valence-corrected chi connectivity index (χ1v) is 10.5. The van der Waals surface area contributed by atoms with E-state index in [-0.39, 0.29) is 5.91 Å². The van der Waals surface area contributed by atoms with Gasteiger partial charge in [0.15, 0.2) is 0 Å². The number of ether oxygens (including phenoxy) is 1. The second-order valence-corrected chi connectivity index (χ2v) is 7.81. The molecule has 0 fully saturated rings. The average Bonchev–Trinajstić information content (AvgIpc) is 3.18. The first kappa shape index (κ1) is 20.7. The molecule has 1 amide bonds. The van der Waals surface area contributed by atoms with Crippen molar-refractivity contribution in [1.29, 1.82) is 0 Å². The Labute approximate surface area is 183 Å². The molecule has 0 spiro atoms. The predicted molar refractivity (Wildman–Crippen MR) is 125 cm³/mol. The second kappa shape index (κ2) is 9.04. The van der Waals surface area contributed by atoms with Gasteiger partial charge in [-0.1, -0.05) is 18.2 Å². The molecule has 0 radical (unpaired) electrons. The highest BCUT2D eigenvalue weighted by atomic mass is 16.5. The van der Waals surface area contributed by atoms with Crippen molar-refractivity contribution in [3.05, 3.63) is 94.0 Å². The Balaban J connectivity index is 1.40. The quantitative estimate of drug-likeness (QED) is 0.458. The van der Waals surface area contributed by atoms with E-state index in [1.54, 1.807) is 6.21 Å². The van der Waals surface area contributed by atoms with Crippen molar-refractivity contribution in [3.63, 3.8) is 0 Å². The van der Waals surface area contributed by atoms with E-state index < -0.39 is 0 Å². The van der Waals surface area contributed by atoms with Crippen molar-refractivity contribution in [2.45, 2.75) is 33.9 Å². The second-order valence-electron chi connectivity index (χ2n) is 7.81. The van der Waals surface area contributed by atoms with Crippen LogP contribution < -0.4 is 15.1 Å². The molecule has 1 heterocycles. The van der Waals surface area contributed by atoms with Gasteiger partial charge < -0.3 is 9.64 Å². The number of fused-ring (bicyclic) bond motifs is 1. The molecule has 0 unspecified atom stereocenters. The highest BCUT2D eigenvalue weighted by molar-refractivity contribution is 5.95. The molecule has 31 heavy (non-hydrogen) atoms. The number of anilines is 1. The fourth-order valence-electron chi connectivity index (χ4n) is 3.77. The lowest BCUT2D eigenvalue weighted by Crippen LogP contribution is -2.19. The number of hydrogen-bond acceptors (Lipinski definition) is 4. The van der Waals surface area contributed by atoms with Gasteiger partial charge in [0, 0.05) is 24.3 Å². The van der Waals surface area contributed by atoms with E-state index in [4.69, 9.17) is 4.74 Å². The monoisotopic (exact) mass is 413 g/mol. The van der Waals surface area contributed by atoms with Crippen LogP contribution in [0.25, 0.3) is 0 Å². The van der Waals surface area contributed by atoms with Gasteiger partial charge in [-0.2, -0.15) is 5.10 Å². The lowest BCUT2D eigenvalue weighted by atomic mass is 10.0. The highest BCUT2D eigenvalue weighted by Crippen LogP contribution is 2.30. The molecule has 0 aromatic heterocycles. The number of benzene rings is 3. The molecule has 4 rings (SSSR count). The van der Waals surface area contributed by atoms with Crippen LogP contribution in [0.3, 0.4) is 0 Å². The van der Waals surface area contributed by atoms with Crippen molar-refractivity contribution < 1.29 is 9.53 Å². The standard InChI is InChI=1S/C26H27N3O2/c1-4-31-25-10-8-20(9-11-25)15-27-28-26(30)21-6-5-7-24(14-21)29-16-22-12-18(2)19(3)13-23(22)17-29/h5-15H,4,16-17H2,1-3H3,(H,28,30)/b27-15-. The molecule has 1 aliphatic rings. The zero-order valence-corrected chi connectivity index (χ0v) is 18.2. The summed E-state index contributed by atoms with van der Waals surface area (Å²) in [5, 5.41) is 4.09. The molecule has 0 saturated heterocycles. The minimum absolute atomic E-state index is 0.229. The fraction of sp³-hybridized carbons (Fsp3) is 0.231. The Morgan fingerprint density at radius 2 is 1.71 bits per heavy atom. The minimum Gasteiger partial charge on any atom is -0.494 e. The summed E-state index contributed by atoms with van der Waals surface area (Å²) in [6.45, 7) is 8.60. The maximum atomic E-state index is 12.6. The van der Waals surface area contributed by atoms with Crippen LogP contribution in [-0.4, -0.2) is 18.7 Å². The summed E-state index contributed by atoms with van der Waals surface area (Å²) in [4.78, 5) is 14.9. The van der Waals surface area contributed by atoms with E-state index >= 15 is 0 Å². The third-order valence-corrected chi connectivity index (χ3v) is 5.58.